The molecule has 0 aromatic heterocycles. The van der Waals surface area contributed by atoms with Crippen LogP contribution in [0.2, 0.25) is 0 Å². The summed E-state index contributed by atoms with van der Waals surface area (Å²) in [5, 5.41) is 9.13. The Balaban J connectivity index is 1.51. The lowest BCUT2D eigenvalue weighted by molar-refractivity contribution is -0.118. The Morgan fingerprint density at radius 3 is 2.12 bits per heavy atom. The van der Waals surface area contributed by atoms with Crippen LogP contribution in [0.3, 0.4) is 0 Å². The van der Waals surface area contributed by atoms with Crippen LogP contribution in [0.25, 0.3) is 0 Å². The second-order valence-corrected chi connectivity index (χ2v) is 6.90. The number of likely N-dealkylation sites (tertiary alicyclic amines) is 1. The predicted molar refractivity (Wildman–Crippen MR) is 99.8 cm³/mol. The molecule has 1 unspecified atom stereocenters. The van der Waals surface area contributed by atoms with E-state index >= 15 is 0 Å². The zero-order chi connectivity index (χ0) is 17.5. The van der Waals surface area contributed by atoms with Crippen molar-refractivity contribution in [1.29, 1.82) is 0 Å². The first-order valence-electron chi connectivity index (χ1n) is 9.42. The highest BCUT2D eigenvalue weighted by Gasteiger charge is 2.20. The third-order valence-electron chi connectivity index (χ3n) is 4.92. The number of benzene rings is 1. The van der Waals surface area contributed by atoms with Gasteiger partial charge in [-0.2, -0.15) is 0 Å². The molecule has 0 saturated carbocycles. The minimum atomic E-state index is -0.101. The summed E-state index contributed by atoms with van der Waals surface area (Å²) in [4.78, 5) is 26.4. The van der Waals surface area contributed by atoms with Crippen LogP contribution in [0.15, 0.2) is 24.3 Å². The van der Waals surface area contributed by atoms with Crippen LogP contribution >= 0.6 is 0 Å². The molecule has 1 atom stereocenters. The van der Waals surface area contributed by atoms with Crippen LogP contribution in [-0.2, 0) is 4.79 Å². The largest absolute Gasteiger partial charge is 0.325 e. The van der Waals surface area contributed by atoms with E-state index in [-0.39, 0.29) is 18.0 Å². The molecule has 3 amide bonds. The van der Waals surface area contributed by atoms with Gasteiger partial charge in [0.25, 0.3) is 0 Å². The second kappa shape index (κ2) is 8.85. The molecular formula is C19H28N4O2. The highest BCUT2D eigenvalue weighted by Crippen LogP contribution is 2.17. The van der Waals surface area contributed by atoms with E-state index in [4.69, 9.17) is 0 Å². The van der Waals surface area contributed by atoms with Crippen molar-refractivity contribution in [3.63, 3.8) is 0 Å². The van der Waals surface area contributed by atoms with Gasteiger partial charge in [-0.1, -0.05) is 19.3 Å². The molecular weight excluding hydrogens is 316 g/mol. The number of piperidine rings is 1. The molecule has 0 spiro atoms. The first kappa shape index (κ1) is 17.7. The van der Waals surface area contributed by atoms with E-state index in [9.17, 15) is 9.59 Å². The van der Waals surface area contributed by atoms with E-state index in [0.29, 0.717) is 0 Å². The van der Waals surface area contributed by atoms with Gasteiger partial charge in [0.15, 0.2) is 0 Å². The molecule has 2 aliphatic heterocycles. The molecule has 1 aromatic carbocycles. The SMILES string of the molecule is O=C(Nc1ccc(NC(=O)N2CCCCCC2)cc1)C1CCCCN1. The Hall–Kier alpha value is -2.08. The fourth-order valence-corrected chi connectivity index (χ4v) is 3.42. The van der Waals surface area contributed by atoms with Crippen molar-refractivity contribution in [1.82, 2.24) is 10.2 Å². The van der Waals surface area contributed by atoms with E-state index in [1.54, 1.807) is 0 Å². The summed E-state index contributed by atoms with van der Waals surface area (Å²) >= 11 is 0. The van der Waals surface area contributed by atoms with Gasteiger partial charge in [0.05, 0.1) is 6.04 Å². The van der Waals surface area contributed by atoms with Crippen molar-refractivity contribution < 1.29 is 9.59 Å². The van der Waals surface area contributed by atoms with Crippen LogP contribution in [0.1, 0.15) is 44.9 Å². The van der Waals surface area contributed by atoms with E-state index in [2.05, 4.69) is 16.0 Å². The number of nitrogens with zero attached hydrogens (tertiary/aromatic N) is 1. The highest BCUT2D eigenvalue weighted by molar-refractivity contribution is 5.95. The predicted octanol–water partition coefficient (Wildman–Crippen LogP) is 3.18. The molecule has 2 heterocycles. The summed E-state index contributed by atoms with van der Waals surface area (Å²) < 4.78 is 0. The summed E-state index contributed by atoms with van der Waals surface area (Å²) in [7, 11) is 0. The van der Waals surface area contributed by atoms with Crippen LogP contribution in [-0.4, -0.2) is 42.5 Å². The first-order valence-corrected chi connectivity index (χ1v) is 9.42. The van der Waals surface area contributed by atoms with Crippen molar-refractivity contribution in [3.05, 3.63) is 24.3 Å². The molecule has 3 N–H and O–H groups in total. The third kappa shape index (κ3) is 5.19. The topological polar surface area (TPSA) is 73.5 Å². The number of carbonyl (C=O) groups is 2. The number of hydrogen-bond donors (Lipinski definition) is 3. The van der Waals surface area contributed by atoms with Gasteiger partial charge >= 0.3 is 6.03 Å². The highest BCUT2D eigenvalue weighted by atomic mass is 16.2. The fraction of sp³-hybridized carbons (Fsp3) is 0.579. The van der Waals surface area contributed by atoms with Gasteiger partial charge in [0, 0.05) is 24.5 Å². The van der Waals surface area contributed by atoms with Crippen LogP contribution in [0.5, 0.6) is 0 Å². The molecule has 6 heteroatoms. The number of amides is 3. The average molecular weight is 344 g/mol. The number of urea groups is 1. The second-order valence-electron chi connectivity index (χ2n) is 6.90. The van der Waals surface area contributed by atoms with Gasteiger partial charge in [-0.25, -0.2) is 4.79 Å². The molecule has 0 radical (unpaired) electrons. The molecule has 136 valence electrons. The lowest BCUT2D eigenvalue weighted by atomic mass is 10.0. The molecule has 2 fully saturated rings. The van der Waals surface area contributed by atoms with Gasteiger partial charge in [0.2, 0.25) is 5.91 Å². The molecule has 25 heavy (non-hydrogen) atoms. The number of anilines is 2. The third-order valence-corrected chi connectivity index (χ3v) is 4.92. The van der Waals surface area contributed by atoms with Crippen molar-refractivity contribution in [2.24, 2.45) is 0 Å². The molecule has 2 saturated heterocycles. The summed E-state index contributed by atoms with van der Waals surface area (Å²) in [6, 6.07) is 7.19. The van der Waals surface area contributed by atoms with Crippen LogP contribution < -0.4 is 16.0 Å². The number of hydrogen-bond acceptors (Lipinski definition) is 3. The molecule has 2 aliphatic rings. The zero-order valence-corrected chi connectivity index (χ0v) is 14.7. The first-order chi connectivity index (χ1) is 12.2. The maximum Gasteiger partial charge on any atom is 0.321 e. The Morgan fingerprint density at radius 2 is 1.52 bits per heavy atom. The molecule has 3 rings (SSSR count). The van der Waals surface area contributed by atoms with Gasteiger partial charge in [-0.3, -0.25) is 4.79 Å². The molecule has 1 aromatic rings. The van der Waals surface area contributed by atoms with Crippen molar-refractivity contribution in [2.45, 2.75) is 51.0 Å². The maximum absolute atomic E-state index is 12.3. The Labute approximate surface area is 149 Å². The summed E-state index contributed by atoms with van der Waals surface area (Å²) in [6.45, 7) is 2.56. The Bertz CT molecular complexity index is 574. The van der Waals surface area contributed by atoms with E-state index in [0.717, 1.165) is 63.1 Å². The van der Waals surface area contributed by atoms with Crippen molar-refractivity contribution in [2.75, 3.05) is 30.3 Å². The summed E-state index contributed by atoms with van der Waals surface area (Å²) in [5.74, 6) is 0.0149. The van der Waals surface area contributed by atoms with E-state index in [1.165, 1.54) is 12.8 Å². The van der Waals surface area contributed by atoms with E-state index < -0.39 is 0 Å². The monoisotopic (exact) mass is 344 g/mol. The Morgan fingerprint density at radius 1 is 0.880 bits per heavy atom. The van der Waals surface area contributed by atoms with E-state index in [1.807, 2.05) is 29.2 Å². The number of rotatable bonds is 3. The van der Waals surface area contributed by atoms with Crippen molar-refractivity contribution >= 4 is 23.3 Å². The average Bonchev–Trinajstić information content (AvgIpc) is 2.93. The maximum atomic E-state index is 12.3. The minimum Gasteiger partial charge on any atom is -0.325 e. The quantitative estimate of drug-likeness (QED) is 0.788. The summed E-state index contributed by atoms with van der Waals surface area (Å²) in [6.07, 6.45) is 7.67. The van der Waals surface area contributed by atoms with Gasteiger partial charge in [0.1, 0.15) is 0 Å². The lowest BCUT2D eigenvalue weighted by Gasteiger charge is -2.22. The summed E-state index contributed by atoms with van der Waals surface area (Å²) in [5.41, 5.74) is 1.51. The minimum absolute atomic E-state index is 0.0149. The molecule has 6 nitrogen and oxygen atoms in total. The standard InChI is InChI=1S/C19H28N4O2/c24-18(17-7-3-4-12-20-17)21-15-8-10-16(11-9-15)22-19(25)23-13-5-1-2-6-14-23/h8-11,17,20H,1-7,12-14H2,(H,21,24)(H,22,25). The zero-order valence-electron chi connectivity index (χ0n) is 14.7. The van der Waals surface area contributed by atoms with Gasteiger partial charge < -0.3 is 20.9 Å². The number of nitrogens with one attached hydrogen (secondary N) is 3. The van der Waals surface area contributed by atoms with Crippen LogP contribution in [0.4, 0.5) is 16.2 Å². The fourth-order valence-electron chi connectivity index (χ4n) is 3.42. The normalized spacial score (nSPS) is 21.3. The van der Waals surface area contributed by atoms with Gasteiger partial charge in [-0.05, 0) is 56.5 Å². The molecule has 0 aliphatic carbocycles. The van der Waals surface area contributed by atoms with Gasteiger partial charge in [-0.15, -0.1) is 0 Å². The smallest absolute Gasteiger partial charge is 0.321 e. The molecule has 0 bridgehead atoms. The Kier molecular flexibility index (Phi) is 6.28. The van der Waals surface area contributed by atoms with Crippen LogP contribution in [0, 0.1) is 0 Å². The lowest BCUT2D eigenvalue weighted by Crippen LogP contribution is -2.43. The van der Waals surface area contributed by atoms with Crippen molar-refractivity contribution in [3.8, 4) is 0 Å². The number of carbonyl (C=O) groups excluding carboxylic acids is 2.